The highest BCUT2D eigenvalue weighted by atomic mass is 19.3. The molecule has 1 aromatic rings. The molecule has 1 heterocycles. The van der Waals surface area contributed by atoms with Crippen LogP contribution in [0.2, 0.25) is 0 Å². The van der Waals surface area contributed by atoms with Crippen LogP contribution >= 0.6 is 0 Å². The summed E-state index contributed by atoms with van der Waals surface area (Å²) in [5, 5.41) is 0. The lowest BCUT2D eigenvalue weighted by Crippen LogP contribution is -2.58. The van der Waals surface area contributed by atoms with Crippen molar-refractivity contribution in [3.8, 4) is 5.75 Å². The number of alkyl halides is 2. The third-order valence-corrected chi connectivity index (χ3v) is 2.61. The van der Waals surface area contributed by atoms with Gasteiger partial charge in [0.1, 0.15) is 5.75 Å². The molecule has 1 aromatic carbocycles. The number of nitrogens with zero attached hydrogens (tertiary/aromatic N) is 1. The second kappa shape index (κ2) is 3.87. The third kappa shape index (κ3) is 2.15. The number of hydrogen-bond donors (Lipinski definition) is 1. The fourth-order valence-electron chi connectivity index (χ4n) is 1.68. The van der Waals surface area contributed by atoms with Crippen LogP contribution in [0.4, 0.5) is 14.5 Å². The molecule has 92 valence electrons. The van der Waals surface area contributed by atoms with Crippen molar-refractivity contribution in [3.05, 3.63) is 23.8 Å². The molecule has 0 saturated carbocycles. The average Bonchev–Trinajstić information content (AvgIpc) is 2.25. The van der Waals surface area contributed by atoms with E-state index in [2.05, 4.69) is 0 Å². The molecule has 6 heteroatoms. The number of carbonyl (C=O) groups is 1. The van der Waals surface area contributed by atoms with Gasteiger partial charge in [0, 0.05) is 5.56 Å². The summed E-state index contributed by atoms with van der Waals surface area (Å²) >= 11 is 0. The minimum Gasteiger partial charge on any atom is -0.495 e. The Morgan fingerprint density at radius 3 is 2.65 bits per heavy atom. The summed E-state index contributed by atoms with van der Waals surface area (Å²) < 4.78 is 30.2. The number of halogens is 2. The average molecular weight is 242 g/mol. The van der Waals surface area contributed by atoms with E-state index in [-0.39, 0.29) is 0 Å². The van der Waals surface area contributed by atoms with Gasteiger partial charge < -0.3 is 15.4 Å². The molecular formula is C11H12F2N2O2. The molecule has 1 fully saturated rings. The highest BCUT2D eigenvalue weighted by molar-refractivity contribution is 5.95. The highest BCUT2D eigenvalue weighted by Gasteiger charge is 2.46. The molecule has 0 atom stereocenters. The largest absolute Gasteiger partial charge is 0.495 e. The van der Waals surface area contributed by atoms with Crippen LogP contribution in [0.3, 0.4) is 0 Å². The fraction of sp³-hybridized carbons (Fsp3) is 0.364. The van der Waals surface area contributed by atoms with Gasteiger partial charge in [0.15, 0.2) is 0 Å². The number of nitrogen functional groups attached to an aromatic ring is 1. The Kier molecular flexibility index (Phi) is 2.65. The second-order valence-corrected chi connectivity index (χ2v) is 3.97. The molecule has 1 amide bonds. The summed E-state index contributed by atoms with van der Waals surface area (Å²) in [6, 6.07) is 4.47. The lowest BCUT2D eigenvalue weighted by atomic mass is 10.1. The van der Waals surface area contributed by atoms with Gasteiger partial charge in [-0.3, -0.25) is 4.79 Å². The number of rotatable bonds is 2. The van der Waals surface area contributed by atoms with Crippen molar-refractivity contribution < 1.29 is 18.3 Å². The quantitative estimate of drug-likeness (QED) is 0.797. The van der Waals surface area contributed by atoms with E-state index in [4.69, 9.17) is 10.5 Å². The molecule has 1 saturated heterocycles. The van der Waals surface area contributed by atoms with Gasteiger partial charge in [-0.2, -0.15) is 0 Å². The van der Waals surface area contributed by atoms with Gasteiger partial charge in [0.25, 0.3) is 11.8 Å². The lowest BCUT2D eigenvalue weighted by Gasteiger charge is -2.38. The summed E-state index contributed by atoms with van der Waals surface area (Å²) in [5.74, 6) is -2.83. The maximum atomic E-state index is 12.6. The first-order valence-corrected chi connectivity index (χ1v) is 5.03. The number of ether oxygens (including phenoxy) is 1. The third-order valence-electron chi connectivity index (χ3n) is 2.61. The van der Waals surface area contributed by atoms with Gasteiger partial charge in [-0.25, -0.2) is 8.78 Å². The number of nitrogens with two attached hydrogens (primary N) is 1. The van der Waals surface area contributed by atoms with E-state index < -0.39 is 24.9 Å². The SMILES string of the molecule is COc1cc(C(=O)N2CC(F)(F)C2)ccc1N. The molecule has 0 aromatic heterocycles. The minimum atomic E-state index is -2.76. The predicted octanol–water partition coefficient (Wildman–Crippen LogP) is 1.37. The van der Waals surface area contributed by atoms with Crippen molar-refractivity contribution in [1.29, 1.82) is 0 Å². The van der Waals surface area contributed by atoms with Crippen molar-refractivity contribution in [2.75, 3.05) is 25.9 Å². The van der Waals surface area contributed by atoms with Crippen LogP contribution in [0.25, 0.3) is 0 Å². The first kappa shape index (κ1) is 11.6. The van der Waals surface area contributed by atoms with Crippen LogP contribution < -0.4 is 10.5 Å². The Hall–Kier alpha value is -1.85. The summed E-state index contributed by atoms with van der Waals surface area (Å²) in [5.41, 5.74) is 6.29. The maximum Gasteiger partial charge on any atom is 0.282 e. The van der Waals surface area contributed by atoms with E-state index in [0.29, 0.717) is 17.0 Å². The molecule has 0 bridgehead atoms. The molecule has 0 unspecified atom stereocenters. The molecule has 2 N–H and O–H groups in total. The van der Waals surface area contributed by atoms with Gasteiger partial charge in [-0.1, -0.05) is 0 Å². The number of benzene rings is 1. The van der Waals surface area contributed by atoms with E-state index in [0.717, 1.165) is 4.90 Å². The molecule has 1 aliphatic heterocycles. The smallest absolute Gasteiger partial charge is 0.282 e. The molecule has 4 nitrogen and oxygen atoms in total. The first-order valence-electron chi connectivity index (χ1n) is 5.03. The van der Waals surface area contributed by atoms with Crippen molar-refractivity contribution in [2.45, 2.75) is 5.92 Å². The van der Waals surface area contributed by atoms with Gasteiger partial charge in [-0.05, 0) is 18.2 Å². The van der Waals surface area contributed by atoms with E-state index >= 15 is 0 Å². The molecule has 2 rings (SSSR count). The summed E-state index contributed by atoms with van der Waals surface area (Å²) in [7, 11) is 1.43. The van der Waals surface area contributed by atoms with Crippen LogP contribution in [0, 0.1) is 0 Å². The van der Waals surface area contributed by atoms with Gasteiger partial charge in [-0.15, -0.1) is 0 Å². The Bertz CT molecular complexity index is 455. The molecule has 0 spiro atoms. The summed E-state index contributed by atoms with van der Waals surface area (Å²) in [4.78, 5) is 12.9. The summed E-state index contributed by atoms with van der Waals surface area (Å²) in [6.07, 6.45) is 0. The lowest BCUT2D eigenvalue weighted by molar-refractivity contribution is -0.113. The highest BCUT2D eigenvalue weighted by Crippen LogP contribution is 2.29. The Morgan fingerprint density at radius 2 is 2.12 bits per heavy atom. The fourth-order valence-corrected chi connectivity index (χ4v) is 1.68. The number of anilines is 1. The van der Waals surface area contributed by atoms with Crippen LogP contribution in [-0.2, 0) is 0 Å². The molecule has 0 aliphatic carbocycles. The van der Waals surface area contributed by atoms with Gasteiger partial charge in [0.2, 0.25) is 0 Å². The zero-order valence-corrected chi connectivity index (χ0v) is 9.24. The van der Waals surface area contributed by atoms with Crippen LogP contribution in [0.1, 0.15) is 10.4 Å². The van der Waals surface area contributed by atoms with Crippen molar-refractivity contribution in [2.24, 2.45) is 0 Å². The number of hydrogen-bond acceptors (Lipinski definition) is 3. The molecule has 17 heavy (non-hydrogen) atoms. The van der Waals surface area contributed by atoms with E-state index in [9.17, 15) is 13.6 Å². The standard InChI is InChI=1S/C11H12F2N2O2/c1-17-9-4-7(2-3-8(9)14)10(16)15-5-11(12,13)6-15/h2-4H,5-6,14H2,1H3. The Labute approximate surface area is 97.0 Å². The molecular weight excluding hydrogens is 230 g/mol. The number of carbonyl (C=O) groups excluding carboxylic acids is 1. The van der Waals surface area contributed by atoms with Crippen molar-refractivity contribution >= 4 is 11.6 Å². The number of methoxy groups -OCH3 is 1. The zero-order valence-electron chi connectivity index (χ0n) is 9.24. The topological polar surface area (TPSA) is 55.6 Å². The number of amides is 1. The maximum absolute atomic E-state index is 12.6. The van der Waals surface area contributed by atoms with Crippen LogP contribution in [0.5, 0.6) is 5.75 Å². The molecule has 1 aliphatic rings. The Balaban J connectivity index is 2.15. The summed E-state index contributed by atoms with van der Waals surface area (Å²) in [6.45, 7) is -1.06. The minimum absolute atomic E-state index is 0.298. The van der Waals surface area contributed by atoms with E-state index in [1.165, 1.54) is 25.3 Å². The Morgan fingerprint density at radius 1 is 1.47 bits per heavy atom. The molecule has 0 radical (unpaired) electrons. The monoisotopic (exact) mass is 242 g/mol. The van der Waals surface area contributed by atoms with E-state index in [1.54, 1.807) is 0 Å². The van der Waals surface area contributed by atoms with Crippen LogP contribution in [-0.4, -0.2) is 36.9 Å². The van der Waals surface area contributed by atoms with Crippen molar-refractivity contribution in [1.82, 2.24) is 4.90 Å². The second-order valence-electron chi connectivity index (χ2n) is 3.97. The van der Waals surface area contributed by atoms with Crippen molar-refractivity contribution in [3.63, 3.8) is 0 Å². The first-order chi connectivity index (χ1) is 7.93. The van der Waals surface area contributed by atoms with Gasteiger partial charge in [0.05, 0.1) is 25.9 Å². The normalized spacial score (nSPS) is 17.5. The van der Waals surface area contributed by atoms with Crippen LogP contribution in [0.15, 0.2) is 18.2 Å². The van der Waals surface area contributed by atoms with E-state index in [1.807, 2.05) is 0 Å². The van der Waals surface area contributed by atoms with Gasteiger partial charge >= 0.3 is 0 Å². The zero-order chi connectivity index (χ0) is 12.6. The number of likely N-dealkylation sites (tertiary alicyclic amines) is 1. The predicted molar refractivity (Wildman–Crippen MR) is 58.3 cm³/mol.